The molecule has 3 nitrogen and oxygen atoms in total. The fourth-order valence-corrected chi connectivity index (χ4v) is 4.70. The van der Waals surface area contributed by atoms with Crippen molar-refractivity contribution >= 4 is 41.9 Å². The first-order valence-corrected chi connectivity index (χ1v) is 8.55. The third-order valence-corrected chi connectivity index (χ3v) is 6.66. The fraction of sp³-hybridized carbons (Fsp3) is 0.455. The van der Waals surface area contributed by atoms with Gasteiger partial charge in [0.05, 0.1) is 4.90 Å². The number of hydrogen-bond acceptors (Lipinski definition) is 2. The van der Waals surface area contributed by atoms with E-state index in [0.717, 1.165) is 12.8 Å². The lowest BCUT2D eigenvalue weighted by molar-refractivity contribution is 0.354. The van der Waals surface area contributed by atoms with Crippen LogP contribution in [0.1, 0.15) is 12.8 Å². The van der Waals surface area contributed by atoms with E-state index in [0.29, 0.717) is 27.3 Å². The summed E-state index contributed by atoms with van der Waals surface area (Å²) in [5.41, 5.74) is 0. The van der Waals surface area contributed by atoms with Crippen molar-refractivity contribution in [1.82, 2.24) is 4.31 Å². The summed E-state index contributed by atoms with van der Waals surface area (Å²) in [6.07, 6.45) is 1.73. The Morgan fingerprint density at radius 3 is 2.35 bits per heavy atom. The summed E-state index contributed by atoms with van der Waals surface area (Å²) >= 11 is 6.82. The highest BCUT2D eigenvalue weighted by molar-refractivity contribution is 9.10. The van der Waals surface area contributed by atoms with Crippen LogP contribution in [0, 0.1) is 0 Å². The molecular formula is C11H13Br2NO2S. The molecule has 1 aliphatic heterocycles. The highest BCUT2D eigenvalue weighted by Crippen LogP contribution is 2.28. The quantitative estimate of drug-likeness (QED) is 0.737. The van der Waals surface area contributed by atoms with Gasteiger partial charge in [-0.15, -0.1) is 0 Å². The standard InChI is InChI=1S/C11H13Br2NO2S/c12-9-5-7-14(8-6-9)17(15,16)11-4-2-1-3-10(11)13/h1-4,9H,5-8H2. The summed E-state index contributed by atoms with van der Waals surface area (Å²) in [5, 5.41) is 0. The molecule has 2 rings (SSSR count). The van der Waals surface area contributed by atoms with Crippen molar-refractivity contribution in [2.75, 3.05) is 13.1 Å². The second kappa shape index (κ2) is 5.38. The van der Waals surface area contributed by atoms with Gasteiger partial charge in [0.2, 0.25) is 10.0 Å². The van der Waals surface area contributed by atoms with Gasteiger partial charge < -0.3 is 0 Å². The van der Waals surface area contributed by atoms with Gasteiger partial charge in [-0.1, -0.05) is 28.1 Å². The number of hydrogen-bond donors (Lipinski definition) is 0. The van der Waals surface area contributed by atoms with Crippen LogP contribution in [-0.4, -0.2) is 30.6 Å². The summed E-state index contributed by atoms with van der Waals surface area (Å²) in [5.74, 6) is 0. The van der Waals surface area contributed by atoms with Crippen molar-refractivity contribution in [3.05, 3.63) is 28.7 Å². The number of rotatable bonds is 2. The molecule has 1 aliphatic rings. The molecule has 1 aromatic carbocycles. The lowest BCUT2D eigenvalue weighted by Gasteiger charge is -2.28. The average molecular weight is 383 g/mol. The fourth-order valence-electron chi connectivity index (χ4n) is 1.86. The van der Waals surface area contributed by atoms with E-state index in [-0.39, 0.29) is 0 Å². The highest BCUT2D eigenvalue weighted by Gasteiger charge is 2.29. The first-order chi connectivity index (χ1) is 8.01. The summed E-state index contributed by atoms with van der Waals surface area (Å²) in [7, 11) is -3.35. The van der Waals surface area contributed by atoms with Crippen molar-refractivity contribution in [3.8, 4) is 0 Å². The van der Waals surface area contributed by atoms with Crippen LogP contribution in [0.25, 0.3) is 0 Å². The molecule has 1 aromatic rings. The van der Waals surface area contributed by atoms with Gasteiger partial charge in [-0.3, -0.25) is 0 Å². The van der Waals surface area contributed by atoms with Gasteiger partial charge in [-0.2, -0.15) is 4.31 Å². The zero-order valence-electron chi connectivity index (χ0n) is 9.14. The summed E-state index contributed by atoms with van der Waals surface area (Å²) in [6.45, 7) is 1.17. The Bertz CT molecular complexity index is 496. The van der Waals surface area contributed by atoms with E-state index in [1.807, 2.05) is 6.07 Å². The van der Waals surface area contributed by atoms with E-state index in [1.54, 1.807) is 22.5 Å². The third-order valence-electron chi connectivity index (χ3n) is 2.84. The van der Waals surface area contributed by atoms with Crippen molar-refractivity contribution in [1.29, 1.82) is 0 Å². The second-order valence-corrected chi connectivity index (χ2v) is 8.06. The predicted molar refractivity (Wildman–Crippen MR) is 74.8 cm³/mol. The molecule has 1 fully saturated rings. The Morgan fingerprint density at radius 1 is 1.18 bits per heavy atom. The molecule has 1 saturated heterocycles. The monoisotopic (exact) mass is 381 g/mol. The number of piperidine rings is 1. The number of nitrogens with zero attached hydrogens (tertiary/aromatic N) is 1. The van der Waals surface area contributed by atoms with E-state index < -0.39 is 10.0 Å². The van der Waals surface area contributed by atoms with Crippen LogP contribution in [0.3, 0.4) is 0 Å². The molecule has 0 spiro atoms. The Hall–Kier alpha value is 0.0900. The van der Waals surface area contributed by atoms with E-state index in [2.05, 4.69) is 31.9 Å². The van der Waals surface area contributed by atoms with Gasteiger partial charge in [0.15, 0.2) is 0 Å². The third kappa shape index (κ3) is 2.92. The zero-order chi connectivity index (χ0) is 12.5. The molecule has 1 heterocycles. The first kappa shape index (κ1) is 13.5. The highest BCUT2D eigenvalue weighted by atomic mass is 79.9. The van der Waals surface area contributed by atoms with Gasteiger partial charge in [-0.05, 0) is 40.9 Å². The largest absolute Gasteiger partial charge is 0.244 e. The topological polar surface area (TPSA) is 37.4 Å². The Morgan fingerprint density at radius 2 is 1.76 bits per heavy atom. The molecule has 0 aromatic heterocycles. The molecule has 0 N–H and O–H groups in total. The molecule has 0 unspecified atom stereocenters. The Kier molecular flexibility index (Phi) is 4.28. The van der Waals surface area contributed by atoms with Crippen LogP contribution in [-0.2, 0) is 10.0 Å². The van der Waals surface area contributed by atoms with Gasteiger partial charge >= 0.3 is 0 Å². The molecule has 17 heavy (non-hydrogen) atoms. The minimum Gasteiger partial charge on any atom is -0.207 e. The normalized spacial score (nSPS) is 19.4. The molecule has 6 heteroatoms. The molecule has 0 radical (unpaired) electrons. The van der Waals surface area contributed by atoms with Crippen molar-refractivity contribution in [2.24, 2.45) is 0 Å². The van der Waals surface area contributed by atoms with Crippen molar-refractivity contribution in [3.63, 3.8) is 0 Å². The number of alkyl halides is 1. The van der Waals surface area contributed by atoms with Gasteiger partial charge in [0.1, 0.15) is 0 Å². The molecule has 0 bridgehead atoms. The van der Waals surface area contributed by atoms with Crippen molar-refractivity contribution in [2.45, 2.75) is 22.6 Å². The first-order valence-electron chi connectivity index (χ1n) is 5.40. The number of benzene rings is 1. The van der Waals surface area contributed by atoms with Crippen LogP contribution >= 0.6 is 31.9 Å². The summed E-state index contributed by atoms with van der Waals surface area (Å²) in [6, 6.07) is 6.95. The van der Waals surface area contributed by atoms with Crippen LogP contribution < -0.4 is 0 Å². The van der Waals surface area contributed by atoms with Gasteiger partial charge in [-0.25, -0.2) is 8.42 Å². The lowest BCUT2D eigenvalue weighted by atomic mass is 10.2. The molecule has 0 amide bonds. The SMILES string of the molecule is O=S(=O)(c1ccccc1Br)N1CCC(Br)CC1. The van der Waals surface area contributed by atoms with Gasteiger partial charge in [0.25, 0.3) is 0 Å². The van der Waals surface area contributed by atoms with Crippen LogP contribution in [0.5, 0.6) is 0 Å². The van der Waals surface area contributed by atoms with Crippen LogP contribution in [0.2, 0.25) is 0 Å². The summed E-state index contributed by atoms with van der Waals surface area (Å²) < 4.78 is 27.0. The predicted octanol–water partition coefficient (Wildman–Crippen LogP) is 3.00. The van der Waals surface area contributed by atoms with Crippen LogP contribution in [0.4, 0.5) is 0 Å². The molecule has 0 saturated carbocycles. The van der Waals surface area contributed by atoms with E-state index >= 15 is 0 Å². The lowest BCUT2D eigenvalue weighted by Crippen LogP contribution is -2.38. The van der Waals surface area contributed by atoms with E-state index in [1.165, 1.54) is 0 Å². The Balaban J connectivity index is 2.28. The maximum atomic E-state index is 12.4. The number of sulfonamides is 1. The minimum absolute atomic E-state index is 0.355. The molecule has 0 atom stereocenters. The number of halogens is 2. The molecule has 0 aliphatic carbocycles. The van der Waals surface area contributed by atoms with E-state index in [4.69, 9.17) is 0 Å². The molecule has 94 valence electrons. The zero-order valence-corrected chi connectivity index (χ0v) is 13.1. The maximum absolute atomic E-state index is 12.4. The van der Waals surface area contributed by atoms with Crippen molar-refractivity contribution < 1.29 is 8.42 Å². The smallest absolute Gasteiger partial charge is 0.207 e. The summed E-state index contributed by atoms with van der Waals surface area (Å²) in [4.78, 5) is 0.793. The molecular weight excluding hydrogens is 370 g/mol. The average Bonchev–Trinajstić information content (AvgIpc) is 2.30. The maximum Gasteiger partial charge on any atom is 0.244 e. The Labute approximate surface area is 119 Å². The van der Waals surface area contributed by atoms with E-state index in [9.17, 15) is 8.42 Å². The minimum atomic E-state index is -3.35. The van der Waals surface area contributed by atoms with Gasteiger partial charge in [0, 0.05) is 22.4 Å². The van der Waals surface area contributed by atoms with Crippen LogP contribution in [0.15, 0.2) is 33.6 Å². The second-order valence-electron chi connectivity index (χ2n) is 4.01.